The predicted octanol–water partition coefficient (Wildman–Crippen LogP) is 2.36. The zero-order chi connectivity index (χ0) is 21.1. The van der Waals surface area contributed by atoms with Gasteiger partial charge in [0.1, 0.15) is 11.8 Å². The summed E-state index contributed by atoms with van der Waals surface area (Å²) < 4.78 is 5.84. The number of hydrogen-bond acceptors (Lipinski definition) is 7. The van der Waals surface area contributed by atoms with Crippen molar-refractivity contribution in [1.29, 1.82) is 0 Å². The number of amides is 1. The Morgan fingerprint density at radius 2 is 1.90 bits per heavy atom. The maximum atomic E-state index is 12.8. The van der Waals surface area contributed by atoms with Crippen LogP contribution in [0, 0.1) is 0 Å². The van der Waals surface area contributed by atoms with E-state index in [0.717, 1.165) is 5.56 Å². The molecule has 3 aromatic rings. The van der Waals surface area contributed by atoms with Crippen LogP contribution < -0.4 is 5.32 Å². The number of carbonyl (C=O) groups is 1. The molecule has 154 valence electrons. The van der Waals surface area contributed by atoms with Crippen molar-refractivity contribution in [3.05, 3.63) is 72.4 Å². The Morgan fingerprint density at radius 1 is 1.10 bits per heavy atom. The summed E-state index contributed by atoms with van der Waals surface area (Å²) in [5, 5.41) is 22.9. The molecule has 4 rings (SSSR count). The second-order valence-electron chi connectivity index (χ2n) is 7.20. The van der Waals surface area contributed by atoms with Crippen molar-refractivity contribution in [2.75, 3.05) is 5.32 Å². The van der Waals surface area contributed by atoms with Crippen LogP contribution in [0.1, 0.15) is 35.5 Å². The molecule has 0 saturated carbocycles. The highest BCUT2D eigenvalue weighted by molar-refractivity contribution is 6.03. The van der Waals surface area contributed by atoms with Crippen LogP contribution in [0.15, 0.2) is 61.2 Å². The maximum absolute atomic E-state index is 12.8. The summed E-state index contributed by atoms with van der Waals surface area (Å²) in [5.41, 5.74) is 2.74. The highest BCUT2D eigenvalue weighted by Gasteiger charge is 2.35. The number of nitrogens with one attached hydrogen (secondary N) is 1. The van der Waals surface area contributed by atoms with E-state index in [9.17, 15) is 15.0 Å². The standard InChI is InChI=1S/C22H22N4O4/c1-13-21(28)19(27)9-20(30-13)15-7-8-23-11-17(15)26-22(29)18-12-24-10-16(25-18)14-5-3-2-4-6-14/h2-8,10-13,19-21,27-28H,9H2,1H3,(H,26,29)/t13-,19-,20-,21-/m0/s1. The van der Waals surface area contributed by atoms with Crippen molar-refractivity contribution in [2.24, 2.45) is 0 Å². The molecule has 3 heterocycles. The Labute approximate surface area is 173 Å². The van der Waals surface area contributed by atoms with Crippen LogP contribution in [0.3, 0.4) is 0 Å². The first-order valence-electron chi connectivity index (χ1n) is 9.67. The third-order valence-corrected chi connectivity index (χ3v) is 5.10. The smallest absolute Gasteiger partial charge is 0.275 e. The van der Waals surface area contributed by atoms with Gasteiger partial charge in [-0.25, -0.2) is 4.98 Å². The largest absolute Gasteiger partial charge is 0.390 e. The lowest BCUT2D eigenvalue weighted by Gasteiger charge is -2.36. The molecule has 8 heteroatoms. The highest BCUT2D eigenvalue weighted by atomic mass is 16.5. The summed E-state index contributed by atoms with van der Waals surface area (Å²) in [6, 6.07) is 11.2. The van der Waals surface area contributed by atoms with Gasteiger partial charge in [-0.2, -0.15) is 0 Å². The Bertz CT molecular complexity index is 1020. The number of benzene rings is 1. The number of nitrogens with zero attached hydrogens (tertiary/aromatic N) is 3. The molecule has 0 unspecified atom stereocenters. The molecular formula is C22H22N4O4. The summed E-state index contributed by atoms with van der Waals surface area (Å²) >= 11 is 0. The van der Waals surface area contributed by atoms with Crippen molar-refractivity contribution in [3.63, 3.8) is 0 Å². The number of carbonyl (C=O) groups excluding carboxylic acids is 1. The predicted molar refractivity (Wildman–Crippen MR) is 110 cm³/mol. The van der Waals surface area contributed by atoms with Crippen molar-refractivity contribution in [2.45, 2.75) is 37.8 Å². The van der Waals surface area contributed by atoms with Crippen LogP contribution in [0.2, 0.25) is 0 Å². The third kappa shape index (κ3) is 4.20. The van der Waals surface area contributed by atoms with Crippen LogP contribution in [0.4, 0.5) is 5.69 Å². The molecule has 0 aliphatic carbocycles. The molecule has 1 aliphatic rings. The number of pyridine rings is 1. The van der Waals surface area contributed by atoms with E-state index in [1.165, 1.54) is 12.4 Å². The van der Waals surface area contributed by atoms with E-state index in [1.807, 2.05) is 30.3 Å². The number of aromatic nitrogens is 3. The summed E-state index contributed by atoms with van der Waals surface area (Å²) in [4.78, 5) is 25.5. The number of ether oxygens (including phenoxy) is 1. The van der Waals surface area contributed by atoms with Crippen molar-refractivity contribution >= 4 is 11.6 Å². The van der Waals surface area contributed by atoms with E-state index >= 15 is 0 Å². The zero-order valence-electron chi connectivity index (χ0n) is 16.3. The van der Waals surface area contributed by atoms with E-state index in [2.05, 4.69) is 20.3 Å². The van der Waals surface area contributed by atoms with Crippen LogP contribution in [0.25, 0.3) is 11.3 Å². The van der Waals surface area contributed by atoms with Gasteiger partial charge in [0.2, 0.25) is 0 Å². The first-order chi connectivity index (χ1) is 14.5. The second kappa shape index (κ2) is 8.66. The van der Waals surface area contributed by atoms with Gasteiger partial charge in [0, 0.05) is 23.7 Å². The maximum Gasteiger partial charge on any atom is 0.275 e. The third-order valence-electron chi connectivity index (χ3n) is 5.10. The molecule has 3 N–H and O–H groups in total. The fraction of sp³-hybridized carbons (Fsp3) is 0.273. The summed E-state index contributed by atoms with van der Waals surface area (Å²) in [6.07, 6.45) is 3.44. The molecular weight excluding hydrogens is 384 g/mol. The zero-order valence-corrected chi connectivity index (χ0v) is 16.3. The lowest BCUT2D eigenvalue weighted by Crippen LogP contribution is -2.44. The van der Waals surface area contributed by atoms with Gasteiger partial charge in [0.25, 0.3) is 5.91 Å². The molecule has 0 radical (unpaired) electrons. The summed E-state index contributed by atoms with van der Waals surface area (Å²) in [6.45, 7) is 1.70. The normalized spacial score (nSPS) is 23.7. The van der Waals surface area contributed by atoms with E-state index in [-0.39, 0.29) is 12.1 Å². The van der Waals surface area contributed by atoms with Crippen LogP contribution >= 0.6 is 0 Å². The highest BCUT2D eigenvalue weighted by Crippen LogP contribution is 2.35. The molecule has 30 heavy (non-hydrogen) atoms. The Balaban J connectivity index is 1.56. The van der Waals surface area contributed by atoms with E-state index < -0.39 is 30.3 Å². The number of rotatable bonds is 4. The molecule has 1 saturated heterocycles. The minimum Gasteiger partial charge on any atom is -0.390 e. The molecule has 1 aliphatic heterocycles. The van der Waals surface area contributed by atoms with Gasteiger partial charge in [-0.15, -0.1) is 0 Å². The average Bonchev–Trinajstić information content (AvgIpc) is 2.78. The second-order valence-corrected chi connectivity index (χ2v) is 7.20. The van der Waals surface area contributed by atoms with Crippen LogP contribution in [-0.4, -0.2) is 49.4 Å². The van der Waals surface area contributed by atoms with Crippen LogP contribution in [-0.2, 0) is 4.74 Å². The Kier molecular flexibility index (Phi) is 5.80. The Morgan fingerprint density at radius 3 is 2.67 bits per heavy atom. The lowest BCUT2D eigenvalue weighted by molar-refractivity contribution is -0.163. The number of aliphatic hydroxyl groups is 2. The number of hydrogen-bond donors (Lipinski definition) is 3. The molecule has 1 fully saturated rings. The van der Waals surface area contributed by atoms with Crippen molar-refractivity contribution in [1.82, 2.24) is 15.0 Å². The molecule has 1 amide bonds. The topological polar surface area (TPSA) is 117 Å². The SMILES string of the molecule is C[C@@H]1O[C@H](c2ccncc2NC(=O)c2cncc(-c3ccccc3)n2)C[C@H](O)[C@H]1O. The van der Waals surface area contributed by atoms with Gasteiger partial charge in [-0.05, 0) is 13.0 Å². The molecule has 0 spiro atoms. The van der Waals surface area contributed by atoms with Gasteiger partial charge in [-0.1, -0.05) is 30.3 Å². The monoisotopic (exact) mass is 406 g/mol. The van der Waals surface area contributed by atoms with Crippen LogP contribution in [0.5, 0.6) is 0 Å². The van der Waals surface area contributed by atoms with E-state index in [1.54, 1.807) is 25.4 Å². The minimum atomic E-state index is -0.947. The number of anilines is 1. The lowest BCUT2D eigenvalue weighted by atomic mass is 9.94. The first kappa shape index (κ1) is 20.1. The molecule has 8 nitrogen and oxygen atoms in total. The quantitative estimate of drug-likeness (QED) is 0.609. The van der Waals surface area contributed by atoms with Crippen molar-refractivity contribution in [3.8, 4) is 11.3 Å². The number of aliphatic hydroxyl groups excluding tert-OH is 2. The van der Waals surface area contributed by atoms with E-state index in [0.29, 0.717) is 16.9 Å². The molecule has 4 atom stereocenters. The fourth-order valence-electron chi connectivity index (χ4n) is 3.47. The molecule has 0 bridgehead atoms. The van der Waals surface area contributed by atoms with Gasteiger partial charge < -0.3 is 20.3 Å². The summed E-state index contributed by atoms with van der Waals surface area (Å²) in [5.74, 6) is -0.432. The Hall–Kier alpha value is -3.20. The fourth-order valence-corrected chi connectivity index (χ4v) is 3.47. The molecule has 1 aromatic carbocycles. The average molecular weight is 406 g/mol. The van der Waals surface area contributed by atoms with Gasteiger partial charge in [-0.3, -0.25) is 14.8 Å². The minimum absolute atomic E-state index is 0.166. The van der Waals surface area contributed by atoms with Gasteiger partial charge >= 0.3 is 0 Å². The molecule has 2 aromatic heterocycles. The summed E-state index contributed by atoms with van der Waals surface area (Å²) in [7, 11) is 0. The van der Waals surface area contributed by atoms with E-state index in [4.69, 9.17) is 4.74 Å². The van der Waals surface area contributed by atoms with Gasteiger partial charge in [0.05, 0.1) is 48.3 Å². The van der Waals surface area contributed by atoms with Crippen molar-refractivity contribution < 1.29 is 19.7 Å². The van der Waals surface area contributed by atoms with Gasteiger partial charge in [0.15, 0.2) is 0 Å². The first-order valence-corrected chi connectivity index (χ1v) is 9.67.